The van der Waals surface area contributed by atoms with Crippen molar-refractivity contribution in [3.63, 3.8) is 0 Å². The summed E-state index contributed by atoms with van der Waals surface area (Å²) in [4.78, 5) is 0. The molecule has 0 radical (unpaired) electrons. The van der Waals surface area contributed by atoms with Gasteiger partial charge in [0, 0.05) is 22.3 Å². The molecule has 0 nitrogen and oxygen atoms in total. The maximum Gasteiger partial charge on any atom is 0.0249 e. The Hall–Kier alpha value is -4.88. The summed E-state index contributed by atoms with van der Waals surface area (Å²) in [5.41, 5.74) is 4.27. The lowest BCUT2D eigenvalue weighted by molar-refractivity contribution is 1.62. The van der Waals surface area contributed by atoms with Gasteiger partial charge < -0.3 is 0 Å². The molecule has 0 amide bonds. The van der Waals surface area contributed by atoms with Gasteiger partial charge in [0.2, 0.25) is 0 Å². The molecule has 0 heteroatoms. The van der Waals surface area contributed by atoms with E-state index in [0.29, 0.717) is 0 Å². The van der Waals surface area contributed by atoms with Gasteiger partial charge in [0.1, 0.15) is 0 Å². The first-order chi connectivity index (χ1) is 17.7. The van der Waals surface area contributed by atoms with Crippen LogP contribution in [-0.4, -0.2) is 0 Å². The minimum atomic E-state index is 1.05. The molecule has 0 spiro atoms. The highest BCUT2D eigenvalue weighted by Crippen LogP contribution is 1.99. The van der Waals surface area contributed by atoms with Gasteiger partial charge in [0.05, 0.1) is 0 Å². The highest BCUT2D eigenvalue weighted by Gasteiger charge is 1.83. The van der Waals surface area contributed by atoms with Gasteiger partial charge in [-0.3, -0.25) is 0 Å². The van der Waals surface area contributed by atoms with Gasteiger partial charge in [-0.25, -0.2) is 0 Å². The Kier molecular flexibility index (Phi) is 16.8. The van der Waals surface area contributed by atoms with Crippen molar-refractivity contribution in [3.8, 4) is 47.4 Å². The largest absolute Gasteiger partial charge is 0.107 e. The Balaban J connectivity index is 0.000000260. The maximum absolute atomic E-state index is 3.11. The summed E-state index contributed by atoms with van der Waals surface area (Å²) in [7, 11) is 0. The Bertz CT molecular complexity index is 1230. The quantitative estimate of drug-likeness (QED) is 0.230. The summed E-state index contributed by atoms with van der Waals surface area (Å²) >= 11 is 0. The molecule has 0 aromatic heterocycles. The van der Waals surface area contributed by atoms with Crippen LogP contribution in [0.1, 0.15) is 49.9 Å². The van der Waals surface area contributed by atoms with Crippen LogP contribution in [0.25, 0.3) is 0 Å². The first-order valence-electron chi connectivity index (χ1n) is 11.6. The maximum atomic E-state index is 3.11. The molecule has 176 valence electrons. The van der Waals surface area contributed by atoms with Crippen molar-refractivity contribution >= 4 is 0 Å². The molecule has 0 aliphatic heterocycles. The number of hydrogen-bond donors (Lipinski definition) is 0. The van der Waals surface area contributed by atoms with Crippen LogP contribution >= 0.6 is 0 Å². The number of benzene rings is 4. The molecule has 0 fully saturated rings. The Morgan fingerprint density at radius 3 is 0.694 bits per heavy atom. The van der Waals surface area contributed by atoms with E-state index in [9.17, 15) is 0 Å². The lowest BCUT2D eigenvalue weighted by atomic mass is 10.2. The third-order valence-corrected chi connectivity index (χ3v) is 4.24. The zero-order chi connectivity index (χ0) is 26.1. The van der Waals surface area contributed by atoms with Gasteiger partial charge in [0.25, 0.3) is 0 Å². The van der Waals surface area contributed by atoms with E-state index in [0.717, 1.165) is 22.3 Å². The molecule has 0 bridgehead atoms. The van der Waals surface area contributed by atoms with Crippen LogP contribution in [0, 0.1) is 47.4 Å². The molecule has 0 aliphatic rings. The van der Waals surface area contributed by atoms with Gasteiger partial charge in [0.15, 0.2) is 0 Å². The van der Waals surface area contributed by atoms with Crippen LogP contribution in [0.15, 0.2) is 121 Å². The number of rotatable bonds is 0. The van der Waals surface area contributed by atoms with Gasteiger partial charge in [-0.15, -0.1) is 23.7 Å². The minimum Gasteiger partial charge on any atom is -0.107 e. The lowest BCUT2D eigenvalue weighted by Gasteiger charge is -1.88. The van der Waals surface area contributed by atoms with E-state index in [1.165, 1.54) is 0 Å². The van der Waals surface area contributed by atoms with Crippen molar-refractivity contribution in [1.29, 1.82) is 0 Å². The van der Waals surface area contributed by atoms with Crippen LogP contribution < -0.4 is 0 Å². The first kappa shape index (κ1) is 29.2. The van der Waals surface area contributed by atoms with E-state index >= 15 is 0 Å². The second-order valence-electron chi connectivity index (χ2n) is 6.96. The summed E-state index contributed by atoms with van der Waals surface area (Å²) in [6, 6.07) is 39.9. The predicted molar refractivity (Wildman–Crippen MR) is 156 cm³/mol. The average Bonchev–Trinajstić information content (AvgIpc) is 2.95. The lowest BCUT2D eigenvalue weighted by Crippen LogP contribution is -1.73. The summed E-state index contributed by atoms with van der Waals surface area (Å²) in [5.74, 6) is 23.2. The fourth-order valence-corrected chi connectivity index (χ4v) is 2.52. The highest BCUT2D eigenvalue weighted by molar-refractivity contribution is 5.42. The monoisotopic (exact) mass is 464 g/mol. The normalized spacial score (nSPS) is 7.67. The zero-order valence-corrected chi connectivity index (χ0v) is 21.5. The number of hydrogen-bond acceptors (Lipinski definition) is 0. The van der Waals surface area contributed by atoms with E-state index < -0.39 is 0 Å². The van der Waals surface area contributed by atoms with Gasteiger partial charge >= 0.3 is 0 Å². The van der Waals surface area contributed by atoms with E-state index in [1.54, 1.807) is 0 Å². The third kappa shape index (κ3) is 15.0. The van der Waals surface area contributed by atoms with Gasteiger partial charge in [-0.05, 0) is 76.2 Å². The minimum absolute atomic E-state index is 1.05. The van der Waals surface area contributed by atoms with Crippen LogP contribution in [0.2, 0.25) is 0 Å². The fraction of sp³-hybridized carbons (Fsp3) is 0.111. The molecule has 0 unspecified atom stereocenters. The predicted octanol–water partition coefficient (Wildman–Crippen LogP) is 8.23. The molecule has 0 N–H and O–H groups in total. The Morgan fingerprint density at radius 1 is 0.278 bits per heavy atom. The Labute approximate surface area is 218 Å². The summed E-state index contributed by atoms with van der Waals surface area (Å²) in [6.45, 7) is 7.32. The molecule has 0 heterocycles. The molecular formula is C36H32. The topological polar surface area (TPSA) is 0 Å². The smallest absolute Gasteiger partial charge is 0.0249 e. The molecule has 4 aromatic rings. The molecule has 36 heavy (non-hydrogen) atoms. The van der Waals surface area contributed by atoms with Crippen LogP contribution in [0.4, 0.5) is 0 Å². The van der Waals surface area contributed by atoms with Crippen molar-refractivity contribution in [2.24, 2.45) is 0 Å². The van der Waals surface area contributed by atoms with E-state index in [4.69, 9.17) is 0 Å². The Morgan fingerprint density at radius 2 is 0.500 bits per heavy atom. The van der Waals surface area contributed by atoms with Crippen molar-refractivity contribution in [1.82, 2.24) is 0 Å². The van der Waals surface area contributed by atoms with Crippen molar-refractivity contribution < 1.29 is 0 Å². The van der Waals surface area contributed by atoms with E-state index in [-0.39, 0.29) is 0 Å². The summed E-state index contributed by atoms with van der Waals surface area (Å²) in [5, 5.41) is 0. The third-order valence-electron chi connectivity index (χ3n) is 4.24. The second-order valence-corrected chi connectivity index (χ2v) is 6.96. The molecule has 0 atom stereocenters. The van der Waals surface area contributed by atoms with Crippen molar-refractivity contribution in [3.05, 3.63) is 144 Å². The van der Waals surface area contributed by atoms with Crippen molar-refractivity contribution in [2.45, 2.75) is 27.7 Å². The van der Waals surface area contributed by atoms with Crippen LogP contribution in [0.3, 0.4) is 0 Å². The summed E-state index contributed by atoms with van der Waals surface area (Å²) < 4.78 is 0. The van der Waals surface area contributed by atoms with Crippen LogP contribution in [0.5, 0.6) is 0 Å². The standard InChI is InChI=1S/C14H10.2C9H8.C4H6/c1-3-7-13(8-4-1)11-12-14-9-5-2-6-10-14;2*1-2-6-9-7-4-3-5-8-9;1-3-4-2/h1-10H;2*3-5,7-8H,1H3;1-2H3. The summed E-state index contributed by atoms with van der Waals surface area (Å²) in [6.07, 6.45) is 0. The SMILES string of the molecule is C(#Cc1ccccc1)c1ccccc1.CC#CC.CC#Cc1ccccc1.CC#Cc1ccccc1. The van der Waals surface area contributed by atoms with E-state index in [2.05, 4.69) is 47.4 Å². The van der Waals surface area contributed by atoms with Gasteiger partial charge in [-0.2, -0.15) is 0 Å². The molecular weight excluding hydrogens is 432 g/mol. The molecule has 4 rings (SSSR count). The fourth-order valence-electron chi connectivity index (χ4n) is 2.52. The van der Waals surface area contributed by atoms with E-state index in [1.807, 2.05) is 149 Å². The van der Waals surface area contributed by atoms with Crippen LogP contribution in [-0.2, 0) is 0 Å². The molecule has 0 saturated carbocycles. The molecule has 0 aliphatic carbocycles. The highest BCUT2D eigenvalue weighted by atomic mass is 13.9. The first-order valence-corrected chi connectivity index (χ1v) is 11.6. The molecule has 4 aromatic carbocycles. The molecule has 0 saturated heterocycles. The zero-order valence-electron chi connectivity index (χ0n) is 21.5. The average molecular weight is 465 g/mol. The second kappa shape index (κ2) is 20.7. The van der Waals surface area contributed by atoms with Gasteiger partial charge in [-0.1, -0.05) is 96.5 Å². The van der Waals surface area contributed by atoms with Crippen molar-refractivity contribution in [2.75, 3.05) is 0 Å².